The molecule has 0 bridgehead atoms. The van der Waals surface area contributed by atoms with E-state index in [0.717, 1.165) is 12.0 Å². The highest BCUT2D eigenvalue weighted by Crippen LogP contribution is 2.42. The molecule has 1 aromatic heterocycles. The third kappa shape index (κ3) is 8.20. The maximum Gasteiger partial charge on any atom is 0.241 e. The SMILES string of the molecule is CC(C)(C)OCN1C[C@H](O)C[C@@H]1C(=O)Nc1cc(C(CCC2CC2)(NS(=O)C(C)(C)C)c2ccncc2)ccc1F. The van der Waals surface area contributed by atoms with Gasteiger partial charge < -0.3 is 15.2 Å². The van der Waals surface area contributed by atoms with Crippen molar-refractivity contribution in [2.75, 3.05) is 18.6 Å². The van der Waals surface area contributed by atoms with Crippen LogP contribution < -0.4 is 10.0 Å². The molecule has 8 nitrogen and oxygen atoms in total. The van der Waals surface area contributed by atoms with Crippen molar-refractivity contribution in [3.63, 3.8) is 0 Å². The van der Waals surface area contributed by atoms with Crippen LogP contribution in [-0.2, 0) is 26.1 Å². The molecule has 1 amide bonds. The molecule has 0 radical (unpaired) electrons. The van der Waals surface area contributed by atoms with E-state index in [-0.39, 0.29) is 18.8 Å². The predicted molar refractivity (Wildman–Crippen MR) is 160 cm³/mol. The van der Waals surface area contributed by atoms with E-state index in [1.165, 1.54) is 18.9 Å². The second-order valence-corrected chi connectivity index (χ2v) is 15.3. The number of benzene rings is 1. The minimum Gasteiger partial charge on any atom is -0.392 e. The molecule has 41 heavy (non-hydrogen) atoms. The predicted octanol–water partition coefficient (Wildman–Crippen LogP) is 4.85. The van der Waals surface area contributed by atoms with Gasteiger partial charge in [-0.25, -0.2) is 13.3 Å². The zero-order valence-corrected chi connectivity index (χ0v) is 25.9. The molecule has 1 saturated carbocycles. The lowest BCUT2D eigenvalue weighted by Gasteiger charge is -2.38. The van der Waals surface area contributed by atoms with Gasteiger partial charge in [0.05, 0.1) is 44.7 Å². The van der Waals surface area contributed by atoms with Crippen molar-refractivity contribution < 1.29 is 23.2 Å². The van der Waals surface area contributed by atoms with Crippen LogP contribution in [0.25, 0.3) is 0 Å². The third-order valence-corrected chi connectivity index (χ3v) is 9.33. The lowest BCUT2D eigenvalue weighted by atomic mass is 9.79. The topological polar surface area (TPSA) is 104 Å². The summed E-state index contributed by atoms with van der Waals surface area (Å²) >= 11 is 0. The molecular formula is C31H45FN4O4S. The van der Waals surface area contributed by atoms with Gasteiger partial charge in [0, 0.05) is 18.9 Å². The monoisotopic (exact) mass is 588 g/mol. The molecule has 226 valence electrons. The Balaban J connectivity index is 1.68. The highest BCUT2D eigenvalue weighted by Gasteiger charge is 2.41. The highest BCUT2D eigenvalue weighted by molar-refractivity contribution is 7.84. The summed E-state index contributed by atoms with van der Waals surface area (Å²) in [6.07, 6.45) is 6.86. The van der Waals surface area contributed by atoms with Crippen molar-refractivity contribution >= 4 is 22.6 Å². The van der Waals surface area contributed by atoms with E-state index in [1.807, 2.05) is 53.7 Å². The number of ether oxygens (including phenoxy) is 1. The molecule has 1 aliphatic carbocycles. The van der Waals surface area contributed by atoms with Gasteiger partial charge in [0.15, 0.2) is 0 Å². The van der Waals surface area contributed by atoms with E-state index in [4.69, 9.17) is 4.74 Å². The Hall–Kier alpha value is -2.24. The molecule has 1 aliphatic heterocycles. The number of nitrogens with zero attached hydrogens (tertiary/aromatic N) is 2. The molecule has 1 saturated heterocycles. The molecular weight excluding hydrogens is 543 g/mol. The minimum atomic E-state index is -1.45. The average Bonchev–Trinajstić information content (AvgIpc) is 3.65. The second kappa shape index (κ2) is 12.6. The van der Waals surface area contributed by atoms with Gasteiger partial charge in [0.25, 0.3) is 0 Å². The normalized spacial score (nSPS) is 22.3. The second-order valence-electron chi connectivity index (χ2n) is 13.4. The molecule has 4 atom stereocenters. The van der Waals surface area contributed by atoms with Gasteiger partial charge in [-0.15, -0.1) is 0 Å². The molecule has 2 unspecified atom stereocenters. The Morgan fingerprint density at radius 3 is 2.41 bits per heavy atom. The number of aliphatic hydroxyl groups is 1. The summed E-state index contributed by atoms with van der Waals surface area (Å²) in [5.41, 5.74) is 0.315. The molecule has 10 heteroatoms. The number of likely N-dealkylation sites (tertiary alicyclic amines) is 1. The molecule has 2 aliphatic rings. The van der Waals surface area contributed by atoms with Crippen molar-refractivity contribution in [2.24, 2.45) is 5.92 Å². The lowest BCUT2D eigenvalue weighted by Crippen LogP contribution is -2.49. The summed E-state index contributed by atoms with van der Waals surface area (Å²) in [7, 11) is -1.45. The maximum atomic E-state index is 15.3. The summed E-state index contributed by atoms with van der Waals surface area (Å²) < 4.78 is 37.6. The van der Waals surface area contributed by atoms with E-state index in [9.17, 15) is 14.1 Å². The van der Waals surface area contributed by atoms with Gasteiger partial charge in [-0.05, 0) is 102 Å². The quantitative estimate of drug-likeness (QED) is 0.347. The van der Waals surface area contributed by atoms with Gasteiger partial charge in [-0.1, -0.05) is 18.9 Å². The first-order chi connectivity index (χ1) is 19.2. The van der Waals surface area contributed by atoms with Gasteiger partial charge in [-0.2, -0.15) is 0 Å². The van der Waals surface area contributed by atoms with Gasteiger partial charge >= 0.3 is 0 Å². The Morgan fingerprint density at radius 1 is 1.12 bits per heavy atom. The first-order valence-electron chi connectivity index (χ1n) is 14.4. The number of hydrogen-bond donors (Lipinski definition) is 3. The van der Waals surface area contributed by atoms with Crippen LogP contribution >= 0.6 is 0 Å². The number of amides is 1. The van der Waals surface area contributed by atoms with Gasteiger partial charge in [-0.3, -0.25) is 14.7 Å². The Bertz CT molecular complexity index is 1230. The molecule has 4 rings (SSSR count). The number of hydrogen-bond acceptors (Lipinski definition) is 6. The standard InChI is InChI=1S/C31H45FN4O4S/c1-29(2,3)40-20-36-19-24(37)18-27(36)28(38)34-26-17-23(9-10-25(26)32)31(14-11-21-7-8-21,22-12-15-33-16-13-22)35-41(39)30(4,5)6/h9-10,12-13,15-17,21,24,27,35,37H,7-8,11,14,18-20H2,1-6H3,(H,34,38)/t24-,27-,31?,41?/m1/s1. The summed E-state index contributed by atoms with van der Waals surface area (Å²) in [5.74, 6) is -0.370. The number of rotatable bonds is 11. The number of aromatic nitrogens is 1. The Labute approximate surface area is 246 Å². The molecule has 1 aromatic carbocycles. The van der Waals surface area contributed by atoms with Crippen LogP contribution in [0.3, 0.4) is 0 Å². The number of carbonyl (C=O) groups excluding carboxylic acids is 1. The number of β-amino-alcohol motifs (C(OH)–C–C–N with tert-alkyl or cyclic N) is 1. The smallest absolute Gasteiger partial charge is 0.241 e. The van der Waals surface area contributed by atoms with Gasteiger partial charge in [0.2, 0.25) is 5.91 Å². The van der Waals surface area contributed by atoms with Crippen LogP contribution in [-0.4, -0.2) is 60.9 Å². The third-order valence-electron chi connectivity index (χ3n) is 7.69. The average molecular weight is 589 g/mol. The van der Waals surface area contributed by atoms with Crippen LogP contribution in [0.15, 0.2) is 42.7 Å². The van der Waals surface area contributed by atoms with Crippen LogP contribution in [0.4, 0.5) is 10.1 Å². The molecule has 2 heterocycles. The number of nitrogens with one attached hydrogen (secondary N) is 2. The van der Waals surface area contributed by atoms with E-state index in [2.05, 4.69) is 15.0 Å². The summed E-state index contributed by atoms with van der Waals surface area (Å²) in [6.45, 7) is 12.0. The summed E-state index contributed by atoms with van der Waals surface area (Å²) in [6, 6.07) is 7.83. The van der Waals surface area contributed by atoms with Crippen molar-refractivity contribution in [2.45, 2.75) is 102 Å². The largest absolute Gasteiger partial charge is 0.392 e. The Kier molecular flexibility index (Phi) is 9.70. The number of pyridine rings is 1. The zero-order chi connectivity index (χ0) is 30.0. The van der Waals surface area contributed by atoms with Crippen molar-refractivity contribution in [1.82, 2.24) is 14.6 Å². The van der Waals surface area contributed by atoms with Crippen molar-refractivity contribution in [3.05, 3.63) is 59.7 Å². The number of anilines is 1. The first-order valence-corrected chi connectivity index (χ1v) is 15.6. The first kappa shape index (κ1) is 31.7. The summed E-state index contributed by atoms with van der Waals surface area (Å²) in [4.78, 5) is 19.4. The van der Waals surface area contributed by atoms with Crippen LogP contribution in [0.5, 0.6) is 0 Å². The number of halogens is 1. The Morgan fingerprint density at radius 2 is 1.80 bits per heavy atom. The minimum absolute atomic E-state index is 0.0405. The highest BCUT2D eigenvalue weighted by atomic mass is 32.2. The fraction of sp³-hybridized carbons (Fsp3) is 0.613. The fourth-order valence-corrected chi connectivity index (χ4v) is 6.03. The fourth-order valence-electron chi connectivity index (χ4n) is 5.07. The molecule has 2 fully saturated rings. The van der Waals surface area contributed by atoms with Gasteiger partial charge in [0.1, 0.15) is 12.5 Å². The molecule has 3 N–H and O–H groups in total. The lowest BCUT2D eigenvalue weighted by molar-refractivity contribution is -0.125. The number of aliphatic hydroxyl groups excluding tert-OH is 1. The van der Waals surface area contributed by atoms with Crippen LogP contribution in [0, 0.1) is 11.7 Å². The molecule has 2 aromatic rings. The summed E-state index contributed by atoms with van der Waals surface area (Å²) in [5, 5.41) is 13.1. The van der Waals surface area contributed by atoms with E-state index < -0.39 is 50.7 Å². The maximum absolute atomic E-state index is 15.3. The van der Waals surface area contributed by atoms with Crippen molar-refractivity contribution in [3.8, 4) is 0 Å². The van der Waals surface area contributed by atoms with Crippen LogP contribution in [0.2, 0.25) is 0 Å². The molecule has 0 spiro atoms. The van der Waals surface area contributed by atoms with Crippen LogP contribution in [0.1, 0.15) is 84.8 Å². The van der Waals surface area contributed by atoms with E-state index in [1.54, 1.807) is 29.4 Å². The number of carbonyl (C=O) groups is 1. The van der Waals surface area contributed by atoms with E-state index >= 15 is 4.39 Å². The zero-order valence-electron chi connectivity index (χ0n) is 25.1. The van der Waals surface area contributed by atoms with Crippen molar-refractivity contribution in [1.29, 1.82) is 0 Å². The van der Waals surface area contributed by atoms with E-state index in [0.29, 0.717) is 24.4 Å².